The van der Waals surface area contributed by atoms with Crippen LogP contribution in [0.25, 0.3) is 0 Å². The molecule has 1 amide bonds. The average Bonchev–Trinajstić information content (AvgIpc) is 3.20. The number of thioether (sulfide) groups is 1. The summed E-state index contributed by atoms with van der Waals surface area (Å²) in [6, 6.07) is 14.4. The molecule has 0 radical (unpaired) electrons. The second kappa shape index (κ2) is 8.90. The molecule has 1 N–H and O–H groups in total. The first kappa shape index (κ1) is 17.8. The molecule has 2 heterocycles. The van der Waals surface area contributed by atoms with Gasteiger partial charge in [-0.2, -0.15) is 0 Å². The lowest BCUT2D eigenvalue weighted by molar-refractivity contribution is -0.120. The molecule has 1 atom stereocenters. The highest BCUT2D eigenvalue weighted by atomic mass is 32.2. The van der Waals surface area contributed by atoms with Crippen molar-refractivity contribution in [2.24, 2.45) is 0 Å². The highest BCUT2D eigenvalue weighted by Gasteiger charge is 2.14. The van der Waals surface area contributed by atoms with Gasteiger partial charge in [-0.3, -0.25) is 4.79 Å². The number of hydrogen-bond donors (Lipinski definition) is 1. The van der Waals surface area contributed by atoms with Gasteiger partial charge in [0.05, 0.1) is 5.25 Å². The Hall–Kier alpha value is -2.01. The van der Waals surface area contributed by atoms with Crippen LogP contribution < -0.4 is 10.2 Å². The third-order valence-electron chi connectivity index (χ3n) is 4.42. The molecule has 0 saturated carbocycles. The molecule has 2 aromatic rings. The molecule has 25 heavy (non-hydrogen) atoms. The van der Waals surface area contributed by atoms with E-state index in [0.29, 0.717) is 6.54 Å². The number of carbonyl (C=O) groups is 1. The van der Waals surface area contributed by atoms with E-state index in [4.69, 9.17) is 0 Å². The fourth-order valence-electron chi connectivity index (χ4n) is 2.86. The molecule has 1 aromatic carbocycles. The average molecular weight is 356 g/mol. The van der Waals surface area contributed by atoms with Crippen molar-refractivity contribution in [2.75, 3.05) is 18.0 Å². The van der Waals surface area contributed by atoms with Crippen LogP contribution in [0.3, 0.4) is 0 Å². The van der Waals surface area contributed by atoms with E-state index in [-0.39, 0.29) is 11.2 Å². The Kier molecular flexibility index (Phi) is 6.34. The highest BCUT2D eigenvalue weighted by molar-refractivity contribution is 7.99. The maximum Gasteiger partial charge on any atom is 0.233 e. The van der Waals surface area contributed by atoms with E-state index in [1.54, 1.807) is 11.8 Å². The van der Waals surface area contributed by atoms with Crippen LogP contribution in [0.2, 0.25) is 0 Å². The standard InChI is InChI=1S/C20H25N3OS/c1-16(25-15-17-7-3-2-4-8-17)20(24)22-14-18-9-10-19(21-13-18)23-11-5-6-12-23/h2-4,7-10,13,16H,5-6,11-12,14-15H2,1H3,(H,22,24). The van der Waals surface area contributed by atoms with Crippen molar-refractivity contribution >= 4 is 23.5 Å². The lowest BCUT2D eigenvalue weighted by Gasteiger charge is -2.16. The lowest BCUT2D eigenvalue weighted by atomic mass is 10.2. The first-order valence-corrected chi connectivity index (χ1v) is 9.90. The normalized spacial score (nSPS) is 15.2. The molecular weight excluding hydrogens is 330 g/mol. The molecule has 1 aromatic heterocycles. The molecule has 3 rings (SSSR count). The predicted molar refractivity (Wildman–Crippen MR) is 105 cm³/mol. The molecular formula is C20H25N3OS. The quantitative estimate of drug-likeness (QED) is 0.824. The van der Waals surface area contributed by atoms with E-state index >= 15 is 0 Å². The van der Waals surface area contributed by atoms with Gasteiger partial charge in [-0.25, -0.2) is 4.98 Å². The number of nitrogens with one attached hydrogen (secondary N) is 1. The summed E-state index contributed by atoms with van der Waals surface area (Å²) in [5.74, 6) is 1.96. The minimum absolute atomic E-state index is 0.0722. The van der Waals surface area contributed by atoms with Crippen LogP contribution in [0.15, 0.2) is 48.7 Å². The summed E-state index contributed by atoms with van der Waals surface area (Å²) in [6.45, 7) is 4.68. The third-order valence-corrected chi connectivity index (χ3v) is 5.63. The zero-order valence-electron chi connectivity index (χ0n) is 14.6. The van der Waals surface area contributed by atoms with E-state index in [1.165, 1.54) is 18.4 Å². The smallest absolute Gasteiger partial charge is 0.233 e. The fraction of sp³-hybridized carbons (Fsp3) is 0.400. The molecule has 4 nitrogen and oxygen atoms in total. The zero-order chi connectivity index (χ0) is 17.5. The van der Waals surface area contributed by atoms with Crippen molar-refractivity contribution in [1.29, 1.82) is 0 Å². The number of pyridine rings is 1. The van der Waals surface area contributed by atoms with E-state index < -0.39 is 0 Å². The van der Waals surface area contributed by atoms with Crippen molar-refractivity contribution in [1.82, 2.24) is 10.3 Å². The van der Waals surface area contributed by atoms with Crippen molar-refractivity contribution in [3.05, 3.63) is 59.8 Å². The zero-order valence-corrected chi connectivity index (χ0v) is 15.5. The van der Waals surface area contributed by atoms with Gasteiger partial charge in [0.25, 0.3) is 0 Å². The predicted octanol–water partition coefficient (Wildman–Crippen LogP) is 3.62. The first-order chi connectivity index (χ1) is 12.2. The van der Waals surface area contributed by atoms with Gasteiger partial charge in [0, 0.05) is 31.6 Å². The van der Waals surface area contributed by atoms with E-state index in [2.05, 4.69) is 39.5 Å². The topological polar surface area (TPSA) is 45.2 Å². The van der Waals surface area contributed by atoms with Crippen LogP contribution in [-0.2, 0) is 17.1 Å². The second-order valence-corrected chi connectivity index (χ2v) is 7.70. The van der Waals surface area contributed by atoms with Crippen molar-refractivity contribution in [3.8, 4) is 0 Å². The molecule has 5 heteroatoms. The van der Waals surface area contributed by atoms with Crippen LogP contribution >= 0.6 is 11.8 Å². The second-order valence-electron chi connectivity index (χ2n) is 6.38. The number of hydrogen-bond acceptors (Lipinski definition) is 4. The van der Waals surface area contributed by atoms with Gasteiger partial charge >= 0.3 is 0 Å². The summed E-state index contributed by atoms with van der Waals surface area (Å²) in [6.07, 6.45) is 4.37. The molecule has 0 spiro atoms. The van der Waals surface area contributed by atoms with Gasteiger partial charge in [-0.1, -0.05) is 36.4 Å². The van der Waals surface area contributed by atoms with Crippen LogP contribution in [0.5, 0.6) is 0 Å². The van der Waals surface area contributed by atoms with Gasteiger partial charge in [0.2, 0.25) is 5.91 Å². The Morgan fingerprint density at radius 1 is 1.16 bits per heavy atom. The van der Waals surface area contributed by atoms with Gasteiger partial charge in [-0.15, -0.1) is 11.8 Å². The van der Waals surface area contributed by atoms with Crippen LogP contribution in [0.1, 0.15) is 30.9 Å². The van der Waals surface area contributed by atoms with Gasteiger partial charge < -0.3 is 10.2 Å². The summed E-state index contributed by atoms with van der Waals surface area (Å²) in [5, 5.41) is 2.94. The summed E-state index contributed by atoms with van der Waals surface area (Å²) in [5.41, 5.74) is 2.28. The van der Waals surface area contributed by atoms with Crippen LogP contribution in [-0.4, -0.2) is 29.2 Å². The number of anilines is 1. The minimum Gasteiger partial charge on any atom is -0.357 e. The van der Waals surface area contributed by atoms with E-state index in [1.807, 2.05) is 31.3 Å². The Balaban J connectivity index is 1.43. The third kappa shape index (κ3) is 5.23. The van der Waals surface area contributed by atoms with Crippen molar-refractivity contribution < 1.29 is 4.79 Å². The summed E-state index contributed by atoms with van der Waals surface area (Å²) < 4.78 is 0. The molecule has 132 valence electrons. The number of benzene rings is 1. The maximum atomic E-state index is 12.3. The minimum atomic E-state index is -0.0722. The molecule has 1 unspecified atom stereocenters. The Bertz CT molecular complexity index is 669. The lowest BCUT2D eigenvalue weighted by Crippen LogP contribution is -2.30. The summed E-state index contributed by atoms with van der Waals surface area (Å²) in [7, 11) is 0. The largest absolute Gasteiger partial charge is 0.357 e. The number of amides is 1. The fourth-order valence-corrected chi connectivity index (χ4v) is 3.73. The van der Waals surface area contributed by atoms with Crippen molar-refractivity contribution in [2.45, 2.75) is 37.3 Å². The Labute approximate surface area is 154 Å². The Morgan fingerprint density at radius 3 is 2.60 bits per heavy atom. The molecule has 1 aliphatic heterocycles. The Morgan fingerprint density at radius 2 is 1.92 bits per heavy atom. The molecule has 1 aliphatic rings. The SMILES string of the molecule is CC(SCc1ccccc1)C(=O)NCc1ccc(N2CCCC2)nc1. The van der Waals surface area contributed by atoms with Crippen LogP contribution in [0, 0.1) is 0 Å². The first-order valence-electron chi connectivity index (χ1n) is 8.85. The molecule has 0 aliphatic carbocycles. The number of aromatic nitrogens is 1. The monoisotopic (exact) mass is 355 g/mol. The van der Waals surface area contributed by atoms with Gasteiger partial charge in [-0.05, 0) is 37.0 Å². The number of rotatable bonds is 7. The molecule has 1 saturated heterocycles. The summed E-state index contributed by atoms with van der Waals surface area (Å²) in [4.78, 5) is 19.1. The van der Waals surface area contributed by atoms with Gasteiger partial charge in [0.1, 0.15) is 5.82 Å². The van der Waals surface area contributed by atoms with Crippen LogP contribution in [0.4, 0.5) is 5.82 Å². The number of nitrogens with zero attached hydrogens (tertiary/aromatic N) is 2. The molecule has 0 bridgehead atoms. The van der Waals surface area contributed by atoms with Crippen molar-refractivity contribution in [3.63, 3.8) is 0 Å². The maximum absolute atomic E-state index is 12.3. The summed E-state index contributed by atoms with van der Waals surface area (Å²) >= 11 is 1.66. The van der Waals surface area contributed by atoms with E-state index in [9.17, 15) is 4.79 Å². The van der Waals surface area contributed by atoms with Gasteiger partial charge in [0.15, 0.2) is 0 Å². The highest BCUT2D eigenvalue weighted by Crippen LogP contribution is 2.19. The van der Waals surface area contributed by atoms with E-state index in [0.717, 1.165) is 30.2 Å². The molecule has 1 fully saturated rings. The number of carbonyl (C=O) groups excluding carboxylic acids is 1.